The fraction of sp³-hybridized carbons (Fsp3) is 0.556. The Morgan fingerprint density at radius 1 is 1.71 bits per heavy atom. The average Bonchev–Trinajstić information content (AvgIpc) is 2.54. The predicted octanol–water partition coefficient (Wildman–Crippen LogP) is -0.597. The number of rotatable bonds is 3. The maximum absolute atomic E-state index is 11.6. The van der Waals surface area contributed by atoms with Crippen LogP contribution in [0.15, 0.2) is 12.3 Å². The van der Waals surface area contributed by atoms with Gasteiger partial charge >= 0.3 is 0 Å². The minimum Gasteiger partial charge on any atom is -0.396 e. The van der Waals surface area contributed by atoms with E-state index in [0.29, 0.717) is 19.5 Å². The van der Waals surface area contributed by atoms with E-state index in [9.17, 15) is 4.79 Å². The smallest absolute Gasteiger partial charge is 0.228 e. The molecule has 0 unspecified atom stereocenters. The molecule has 0 bridgehead atoms. The standard InChI is InChI=1S/C9H13N3O2/c13-6-7-4-12(5-7)9(14)3-8-1-2-10-11-8/h1-2,7,13H,3-6H2,(H,10,11). The second kappa shape index (κ2) is 3.79. The van der Waals surface area contributed by atoms with E-state index in [0.717, 1.165) is 5.69 Å². The van der Waals surface area contributed by atoms with Gasteiger partial charge in [-0.1, -0.05) is 0 Å². The first-order valence-electron chi connectivity index (χ1n) is 4.66. The Morgan fingerprint density at radius 2 is 2.50 bits per heavy atom. The quantitative estimate of drug-likeness (QED) is 0.677. The van der Waals surface area contributed by atoms with Gasteiger partial charge in [0.1, 0.15) is 0 Å². The van der Waals surface area contributed by atoms with Gasteiger partial charge in [-0.15, -0.1) is 0 Å². The SMILES string of the molecule is O=C(Cc1ccn[nH]1)N1CC(CO)C1. The maximum atomic E-state index is 11.6. The van der Waals surface area contributed by atoms with Gasteiger partial charge in [0.15, 0.2) is 0 Å². The third kappa shape index (κ3) is 1.77. The van der Waals surface area contributed by atoms with Crippen molar-refractivity contribution < 1.29 is 9.90 Å². The Labute approximate surface area is 81.7 Å². The number of nitrogens with one attached hydrogen (secondary N) is 1. The van der Waals surface area contributed by atoms with Crippen molar-refractivity contribution in [3.8, 4) is 0 Å². The number of likely N-dealkylation sites (tertiary alicyclic amines) is 1. The molecule has 2 N–H and O–H groups in total. The Bertz CT molecular complexity index is 304. The highest BCUT2D eigenvalue weighted by molar-refractivity contribution is 5.79. The summed E-state index contributed by atoms with van der Waals surface area (Å²) in [6.07, 6.45) is 2.01. The van der Waals surface area contributed by atoms with E-state index in [-0.39, 0.29) is 18.4 Å². The summed E-state index contributed by atoms with van der Waals surface area (Å²) in [6, 6.07) is 1.79. The normalized spacial score (nSPS) is 16.8. The zero-order valence-electron chi connectivity index (χ0n) is 7.81. The zero-order chi connectivity index (χ0) is 9.97. The Hall–Kier alpha value is -1.36. The number of aromatic amines is 1. The van der Waals surface area contributed by atoms with Crippen molar-refractivity contribution in [2.75, 3.05) is 19.7 Å². The lowest BCUT2D eigenvalue weighted by Gasteiger charge is -2.38. The Balaban J connectivity index is 1.80. The van der Waals surface area contributed by atoms with Gasteiger partial charge in [-0.3, -0.25) is 9.89 Å². The third-order valence-corrected chi connectivity index (χ3v) is 2.47. The summed E-state index contributed by atoms with van der Waals surface area (Å²) in [5, 5.41) is 15.3. The second-order valence-electron chi connectivity index (χ2n) is 3.61. The first kappa shape index (κ1) is 9.21. The fourth-order valence-electron chi connectivity index (χ4n) is 1.55. The number of aliphatic hydroxyl groups excluding tert-OH is 1. The number of carbonyl (C=O) groups excluding carboxylic acids is 1. The van der Waals surface area contributed by atoms with Gasteiger partial charge in [-0.2, -0.15) is 5.10 Å². The van der Waals surface area contributed by atoms with E-state index in [2.05, 4.69) is 10.2 Å². The van der Waals surface area contributed by atoms with Crippen LogP contribution in [0.2, 0.25) is 0 Å². The molecule has 1 saturated heterocycles. The monoisotopic (exact) mass is 195 g/mol. The molecular weight excluding hydrogens is 182 g/mol. The van der Waals surface area contributed by atoms with Crippen LogP contribution in [0.4, 0.5) is 0 Å². The van der Waals surface area contributed by atoms with E-state index >= 15 is 0 Å². The second-order valence-corrected chi connectivity index (χ2v) is 3.61. The molecule has 0 atom stereocenters. The number of H-pyrrole nitrogens is 1. The van der Waals surface area contributed by atoms with Gasteiger partial charge in [-0.05, 0) is 6.07 Å². The van der Waals surface area contributed by atoms with Crippen LogP contribution in [0.3, 0.4) is 0 Å². The van der Waals surface area contributed by atoms with Crippen molar-refractivity contribution in [3.05, 3.63) is 18.0 Å². The first-order valence-corrected chi connectivity index (χ1v) is 4.66. The molecule has 14 heavy (non-hydrogen) atoms. The molecule has 0 aromatic carbocycles. The van der Waals surface area contributed by atoms with Crippen LogP contribution in [0.1, 0.15) is 5.69 Å². The molecule has 76 valence electrons. The summed E-state index contributed by atoms with van der Waals surface area (Å²) < 4.78 is 0. The molecule has 1 amide bonds. The van der Waals surface area contributed by atoms with Gasteiger partial charge in [-0.25, -0.2) is 0 Å². The minimum absolute atomic E-state index is 0.0963. The topological polar surface area (TPSA) is 69.2 Å². The molecule has 0 saturated carbocycles. The Morgan fingerprint density at radius 3 is 3.07 bits per heavy atom. The summed E-state index contributed by atoms with van der Waals surface area (Å²) in [5.41, 5.74) is 0.836. The number of carbonyl (C=O) groups is 1. The van der Waals surface area contributed by atoms with Crippen LogP contribution < -0.4 is 0 Å². The van der Waals surface area contributed by atoms with E-state index < -0.39 is 0 Å². The average molecular weight is 195 g/mol. The molecule has 1 aromatic heterocycles. The van der Waals surface area contributed by atoms with Gasteiger partial charge in [0.05, 0.1) is 6.42 Å². The van der Waals surface area contributed by atoms with Gasteiger partial charge in [0.25, 0.3) is 0 Å². The minimum atomic E-state index is 0.0963. The predicted molar refractivity (Wildman–Crippen MR) is 49.4 cm³/mol. The molecule has 5 heteroatoms. The van der Waals surface area contributed by atoms with Crippen molar-refractivity contribution in [1.82, 2.24) is 15.1 Å². The van der Waals surface area contributed by atoms with Crippen LogP contribution in [0, 0.1) is 5.92 Å². The van der Waals surface area contributed by atoms with E-state index in [1.54, 1.807) is 17.2 Å². The summed E-state index contributed by atoms with van der Waals surface area (Å²) in [6.45, 7) is 1.54. The van der Waals surface area contributed by atoms with Crippen LogP contribution >= 0.6 is 0 Å². The lowest BCUT2D eigenvalue weighted by Crippen LogP contribution is -2.51. The summed E-state index contributed by atoms with van der Waals surface area (Å²) in [4.78, 5) is 13.3. The summed E-state index contributed by atoms with van der Waals surface area (Å²) >= 11 is 0. The largest absolute Gasteiger partial charge is 0.396 e. The summed E-state index contributed by atoms with van der Waals surface area (Å²) in [5.74, 6) is 0.375. The molecule has 1 aliphatic rings. The van der Waals surface area contributed by atoms with Crippen LogP contribution in [0.5, 0.6) is 0 Å². The van der Waals surface area contributed by atoms with E-state index in [1.807, 2.05) is 0 Å². The number of amides is 1. The van der Waals surface area contributed by atoms with E-state index in [4.69, 9.17) is 5.11 Å². The van der Waals surface area contributed by atoms with Crippen molar-refractivity contribution in [2.45, 2.75) is 6.42 Å². The van der Waals surface area contributed by atoms with Crippen LogP contribution in [0.25, 0.3) is 0 Å². The first-order chi connectivity index (χ1) is 6.79. The number of nitrogens with zero attached hydrogens (tertiary/aromatic N) is 2. The molecule has 1 aromatic rings. The molecule has 1 fully saturated rings. The van der Waals surface area contributed by atoms with Gasteiger partial charge in [0.2, 0.25) is 5.91 Å². The van der Waals surface area contributed by atoms with Crippen LogP contribution in [-0.4, -0.2) is 45.8 Å². The molecule has 0 radical (unpaired) electrons. The van der Waals surface area contributed by atoms with Gasteiger partial charge in [0, 0.05) is 37.5 Å². The molecular formula is C9H13N3O2. The van der Waals surface area contributed by atoms with Crippen molar-refractivity contribution in [3.63, 3.8) is 0 Å². The van der Waals surface area contributed by atoms with Crippen molar-refractivity contribution >= 4 is 5.91 Å². The van der Waals surface area contributed by atoms with Crippen molar-refractivity contribution in [1.29, 1.82) is 0 Å². The van der Waals surface area contributed by atoms with Crippen molar-refractivity contribution in [2.24, 2.45) is 5.92 Å². The molecule has 1 aliphatic heterocycles. The molecule has 2 heterocycles. The third-order valence-electron chi connectivity index (χ3n) is 2.47. The van der Waals surface area contributed by atoms with Crippen LogP contribution in [-0.2, 0) is 11.2 Å². The van der Waals surface area contributed by atoms with E-state index in [1.165, 1.54) is 0 Å². The lowest BCUT2D eigenvalue weighted by molar-refractivity contribution is -0.137. The highest BCUT2D eigenvalue weighted by Gasteiger charge is 2.29. The lowest BCUT2D eigenvalue weighted by atomic mass is 10.0. The maximum Gasteiger partial charge on any atom is 0.228 e. The number of hydrogen-bond donors (Lipinski definition) is 2. The molecule has 0 spiro atoms. The fourth-order valence-corrected chi connectivity index (χ4v) is 1.55. The highest BCUT2D eigenvalue weighted by Crippen LogP contribution is 2.15. The molecule has 5 nitrogen and oxygen atoms in total. The zero-order valence-corrected chi connectivity index (χ0v) is 7.81. The molecule has 2 rings (SSSR count). The highest BCUT2D eigenvalue weighted by atomic mass is 16.3. The van der Waals surface area contributed by atoms with Gasteiger partial charge < -0.3 is 10.0 Å². The summed E-state index contributed by atoms with van der Waals surface area (Å²) in [7, 11) is 0. The number of aliphatic hydroxyl groups is 1. The number of hydrogen-bond acceptors (Lipinski definition) is 3. The number of aromatic nitrogens is 2. The Kier molecular flexibility index (Phi) is 2.49. The molecule has 0 aliphatic carbocycles.